The predicted octanol–water partition coefficient (Wildman–Crippen LogP) is 3.84. The van der Waals surface area contributed by atoms with E-state index in [0.717, 1.165) is 24.5 Å². The van der Waals surface area contributed by atoms with Gasteiger partial charge in [-0.15, -0.1) is 0 Å². The summed E-state index contributed by atoms with van der Waals surface area (Å²) in [5.74, 6) is 0.962. The van der Waals surface area contributed by atoms with Gasteiger partial charge in [0.15, 0.2) is 0 Å². The van der Waals surface area contributed by atoms with Gasteiger partial charge in [0.2, 0.25) is 0 Å². The van der Waals surface area contributed by atoms with E-state index in [9.17, 15) is 0 Å². The lowest BCUT2D eigenvalue weighted by Gasteiger charge is -2.61. The van der Waals surface area contributed by atoms with Crippen LogP contribution in [0.5, 0.6) is 5.75 Å². The summed E-state index contributed by atoms with van der Waals surface area (Å²) in [5.41, 5.74) is 1.51. The van der Waals surface area contributed by atoms with Crippen LogP contribution in [0.2, 0.25) is 0 Å². The molecule has 0 saturated heterocycles. The largest absolute Gasteiger partial charge is 0.492 e. The van der Waals surface area contributed by atoms with Gasteiger partial charge in [-0.1, -0.05) is 18.6 Å². The summed E-state index contributed by atoms with van der Waals surface area (Å²) in [6.07, 6.45) is 5.51. The van der Waals surface area contributed by atoms with E-state index >= 15 is 0 Å². The van der Waals surface area contributed by atoms with Crippen LogP contribution in [0.3, 0.4) is 0 Å². The molecule has 2 saturated carbocycles. The smallest absolute Gasteiger partial charge is 0.142 e. The molecule has 0 aliphatic heterocycles. The molecule has 20 heavy (non-hydrogen) atoms. The van der Waals surface area contributed by atoms with E-state index in [1.54, 1.807) is 0 Å². The van der Waals surface area contributed by atoms with Gasteiger partial charge in [0, 0.05) is 18.1 Å². The lowest BCUT2D eigenvalue weighted by atomic mass is 9.51. The van der Waals surface area contributed by atoms with Gasteiger partial charge in [0.05, 0.1) is 18.4 Å². The Morgan fingerprint density at radius 2 is 2.00 bits per heavy atom. The molecule has 2 aliphatic rings. The fourth-order valence-corrected chi connectivity index (χ4v) is 3.70. The molecule has 0 amide bonds. The highest BCUT2D eigenvalue weighted by Crippen LogP contribution is 2.58. The highest BCUT2D eigenvalue weighted by molar-refractivity contribution is 5.57. The number of anilines is 1. The molecule has 2 fully saturated rings. The van der Waals surface area contributed by atoms with Crippen LogP contribution in [0.4, 0.5) is 5.69 Å². The third kappa shape index (κ3) is 2.18. The third-order valence-corrected chi connectivity index (χ3v) is 4.95. The molecule has 110 valence electrons. The molecule has 3 heteroatoms. The van der Waals surface area contributed by atoms with Crippen molar-refractivity contribution in [2.45, 2.75) is 51.7 Å². The van der Waals surface area contributed by atoms with Crippen molar-refractivity contribution < 1.29 is 9.47 Å². The summed E-state index contributed by atoms with van der Waals surface area (Å²) in [7, 11) is 0. The summed E-state index contributed by atoms with van der Waals surface area (Å²) in [6, 6.07) is 8.79. The maximum Gasteiger partial charge on any atom is 0.142 e. The highest BCUT2D eigenvalue weighted by atomic mass is 16.5. The Morgan fingerprint density at radius 1 is 1.20 bits per heavy atom. The molecular weight excluding hydrogens is 250 g/mol. The first-order valence-electron chi connectivity index (χ1n) is 7.90. The van der Waals surface area contributed by atoms with Crippen LogP contribution in [0, 0.1) is 5.41 Å². The Bertz CT molecular complexity index is 456. The SMILES string of the molecule is CCOc1ccccc1NC1CC(OCC)C12CCC2. The fourth-order valence-electron chi connectivity index (χ4n) is 3.70. The Morgan fingerprint density at radius 3 is 2.65 bits per heavy atom. The first-order chi connectivity index (χ1) is 9.80. The van der Waals surface area contributed by atoms with Crippen molar-refractivity contribution in [3.05, 3.63) is 24.3 Å². The quantitative estimate of drug-likeness (QED) is 0.855. The number of benzene rings is 1. The fraction of sp³-hybridized carbons (Fsp3) is 0.647. The third-order valence-electron chi connectivity index (χ3n) is 4.95. The van der Waals surface area contributed by atoms with Crippen molar-refractivity contribution in [3.8, 4) is 5.75 Å². The van der Waals surface area contributed by atoms with Crippen molar-refractivity contribution >= 4 is 5.69 Å². The first-order valence-corrected chi connectivity index (χ1v) is 7.90. The molecular formula is C17H25NO2. The molecule has 1 N–H and O–H groups in total. The van der Waals surface area contributed by atoms with E-state index in [2.05, 4.69) is 24.4 Å². The molecule has 1 aromatic rings. The van der Waals surface area contributed by atoms with Gasteiger partial charge in [-0.05, 0) is 45.2 Å². The second kappa shape index (κ2) is 5.65. The molecule has 1 aromatic carbocycles. The van der Waals surface area contributed by atoms with Crippen LogP contribution in [0.1, 0.15) is 39.5 Å². The molecule has 0 aromatic heterocycles. The zero-order valence-electron chi connectivity index (χ0n) is 12.5. The minimum absolute atomic E-state index is 0.384. The monoisotopic (exact) mass is 275 g/mol. The maximum atomic E-state index is 5.91. The van der Waals surface area contributed by atoms with Crippen LogP contribution in [0.25, 0.3) is 0 Å². The average molecular weight is 275 g/mol. The number of para-hydroxylation sites is 2. The molecule has 3 rings (SSSR count). The standard InChI is InChI=1S/C17H25NO2/c1-3-19-14-9-6-5-8-13(14)18-15-12-16(20-4-2)17(15)10-7-11-17/h5-6,8-9,15-16,18H,3-4,7,10-12H2,1-2H3. The van der Waals surface area contributed by atoms with Gasteiger partial charge in [0.25, 0.3) is 0 Å². The van der Waals surface area contributed by atoms with E-state index < -0.39 is 0 Å². The van der Waals surface area contributed by atoms with Crippen LogP contribution < -0.4 is 10.1 Å². The number of hydrogen-bond donors (Lipinski definition) is 1. The van der Waals surface area contributed by atoms with Gasteiger partial charge in [-0.3, -0.25) is 0 Å². The van der Waals surface area contributed by atoms with E-state index in [-0.39, 0.29) is 0 Å². The normalized spacial score (nSPS) is 26.7. The Hall–Kier alpha value is -1.22. The average Bonchev–Trinajstić information content (AvgIpc) is 2.38. The molecule has 0 heterocycles. The summed E-state index contributed by atoms with van der Waals surface area (Å²) in [5, 5.41) is 3.71. The number of hydrogen-bond acceptors (Lipinski definition) is 3. The van der Waals surface area contributed by atoms with E-state index in [1.165, 1.54) is 19.3 Å². The summed E-state index contributed by atoms with van der Waals surface area (Å²) < 4.78 is 11.6. The molecule has 0 radical (unpaired) electrons. The second-order valence-corrected chi connectivity index (χ2v) is 5.89. The van der Waals surface area contributed by atoms with Crippen LogP contribution in [-0.4, -0.2) is 25.4 Å². The minimum Gasteiger partial charge on any atom is -0.492 e. The molecule has 2 unspecified atom stereocenters. The predicted molar refractivity (Wildman–Crippen MR) is 81.3 cm³/mol. The lowest BCUT2D eigenvalue weighted by Crippen LogP contribution is -2.64. The van der Waals surface area contributed by atoms with Crippen molar-refractivity contribution in [3.63, 3.8) is 0 Å². The van der Waals surface area contributed by atoms with Gasteiger partial charge in [0.1, 0.15) is 5.75 Å². The van der Waals surface area contributed by atoms with Gasteiger partial charge in [-0.25, -0.2) is 0 Å². The summed E-state index contributed by atoms with van der Waals surface area (Å²) in [4.78, 5) is 0. The number of rotatable bonds is 6. The minimum atomic E-state index is 0.384. The molecule has 0 bridgehead atoms. The Labute approximate surface area is 121 Å². The first kappa shape index (κ1) is 13.7. The molecule has 2 atom stereocenters. The van der Waals surface area contributed by atoms with Gasteiger partial charge in [-0.2, -0.15) is 0 Å². The molecule has 2 aliphatic carbocycles. The number of ether oxygens (including phenoxy) is 2. The van der Waals surface area contributed by atoms with Crippen LogP contribution >= 0.6 is 0 Å². The Kier molecular flexibility index (Phi) is 3.88. The maximum absolute atomic E-state index is 5.91. The van der Waals surface area contributed by atoms with E-state index in [0.29, 0.717) is 24.2 Å². The van der Waals surface area contributed by atoms with Crippen LogP contribution in [-0.2, 0) is 4.74 Å². The van der Waals surface area contributed by atoms with Crippen molar-refractivity contribution in [2.75, 3.05) is 18.5 Å². The molecule has 1 spiro atoms. The van der Waals surface area contributed by atoms with E-state index in [4.69, 9.17) is 9.47 Å². The second-order valence-electron chi connectivity index (χ2n) is 5.89. The van der Waals surface area contributed by atoms with Crippen molar-refractivity contribution in [1.29, 1.82) is 0 Å². The number of nitrogens with one attached hydrogen (secondary N) is 1. The molecule has 3 nitrogen and oxygen atoms in total. The van der Waals surface area contributed by atoms with E-state index in [1.807, 2.05) is 19.1 Å². The topological polar surface area (TPSA) is 30.5 Å². The van der Waals surface area contributed by atoms with Gasteiger partial charge < -0.3 is 14.8 Å². The summed E-state index contributed by atoms with van der Waals surface area (Å²) >= 11 is 0. The lowest BCUT2D eigenvalue weighted by molar-refractivity contribution is -0.157. The van der Waals surface area contributed by atoms with Crippen molar-refractivity contribution in [2.24, 2.45) is 5.41 Å². The zero-order chi connectivity index (χ0) is 14.0. The highest BCUT2D eigenvalue weighted by Gasteiger charge is 2.58. The van der Waals surface area contributed by atoms with Crippen molar-refractivity contribution in [1.82, 2.24) is 0 Å². The Balaban J connectivity index is 1.70. The van der Waals surface area contributed by atoms with Gasteiger partial charge >= 0.3 is 0 Å². The summed E-state index contributed by atoms with van der Waals surface area (Å²) in [6.45, 7) is 5.65. The zero-order valence-corrected chi connectivity index (χ0v) is 12.5. The van der Waals surface area contributed by atoms with Crippen LogP contribution in [0.15, 0.2) is 24.3 Å².